The number of hydrogen-bond acceptors (Lipinski definition) is 7. The number of carbonyl (C=O) groups is 2. The number of sulfonamides is 1. The highest BCUT2D eigenvalue weighted by molar-refractivity contribution is 7.89. The van der Waals surface area contributed by atoms with Gasteiger partial charge in [0, 0.05) is 52.2 Å². The van der Waals surface area contributed by atoms with Crippen molar-refractivity contribution in [1.82, 2.24) is 18.8 Å². The molecule has 0 saturated carbocycles. The molecule has 2 aromatic heterocycles. The minimum Gasteiger partial charge on any atom is -0.461 e. The van der Waals surface area contributed by atoms with Crippen LogP contribution in [0.1, 0.15) is 30.3 Å². The highest BCUT2D eigenvalue weighted by Gasteiger charge is 2.42. The van der Waals surface area contributed by atoms with Gasteiger partial charge in [0.25, 0.3) is 0 Å². The Morgan fingerprint density at radius 2 is 1.91 bits per heavy atom. The van der Waals surface area contributed by atoms with Gasteiger partial charge in [-0.15, -0.1) is 0 Å². The third-order valence-corrected chi connectivity index (χ3v) is 8.00. The van der Waals surface area contributed by atoms with E-state index in [-0.39, 0.29) is 29.6 Å². The SMILES string of the molecule is CCOC(=O)c1cc(S(=O)(=O)N2CCC[C@@H]2C(=O)N2CCN(c3ccccn3)CC2)cn1C. The Bertz CT molecular complexity index is 1110. The molecule has 0 radical (unpaired) electrons. The molecule has 1 amide bonds. The molecule has 4 heterocycles. The number of hydrogen-bond donors (Lipinski definition) is 0. The molecule has 33 heavy (non-hydrogen) atoms. The molecule has 0 bridgehead atoms. The number of esters is 1. The molecule has 0 aliphatic carbocycles. The Morgan fingerprint density at radius 1 is 1.15 bits per heavy atom. The summed E-state index contributed by atoms with van der Waals surface area (Å²) in [6.07, 6.45) is 4.23. The van der Waals surface area contributed by atoms with Gasteiger partial charge in [-0.05, 0) is 38.0 Å². The number of nitrogens with zero attached hydrogens (tertiary/aromatic N) is 5. The normalized spacial score (nSPS) is 19.6. The molecular weight excluding hydrogens is 446 g/mol. The lowest BCUT2D eigenvalue weighted by molar-refractivity contribution is -0.134. The van der Waals surface area contributed by atoms with Crippen molar-refractivity contribution in [3.63, 3.8) is 0 Å². The smallest absolute Gasteiger partial charge is 0.354 e. The lowest BCUT2D eigenvalue weighted by Gasteiger charge is -2.37. The van der Waals surface area contributed by atoms with Gasteiger partial charge in [0.2, 0.25) is 15.9 Å². The number of aryl methyl sites for hydroxylation is 1. The Morgan fingerprint density at radius 3 is 2.58 bits per heavy atom. The van der Waals surface area contributed by atoms with E-state index in [9.17, 15) is 18.0 Å². The van der Waals surface area contributed by atoms with Crippen LogP contribution in [0, 0.1) is 0 Å². The van der Waals surface area contributed by atoms with E-state index in [0.29, 0.717) is 39.0 Å². The van der Waals surface area contributed by atoms with Crippen molar-refractivity contribution in [2.24, 2.45) is 7.05 Å². The van der Waals surface area contributed by atoms with Crippen LogP contribution in [0.3, 0.4) is 0 Å². The van der Waals surface area contributed by atoms with Crippen molar-refractivity contribution < 1.29 is 22.7 Å². The molecular formula is C22H29N5O5S. The number of rotatable bonds is 6. The fourth-order valence-electron chi connectivity index (χ4n) is 4.40. The maximum absolute atomic E-state index is 13.4. The van der Waals surface area contributed by atoms with Crippen molar-refractivity contribution in [2.45, 2.75) is 30.7 Å². The van der Waals surface area contributed by atoms with Crippen molar-refractivity contribution >= 4 is 27.7 Å². The topological polar surface area (TPSA) is 105 Å². The summed E-state index contributed by atoms with van der Waals surface area (Å²) in [6, 6.07) is 6.31. The lowest BCUT2D eigenvalue weighted by Crippen LogP contribution is -2.54. The summed E-state index contributed by atoms with van der Waals surface area (Å²) in [5.41, 5.74) is 0.156. The zero-order chi connectivity index (χ0) is 23.6. The highest BCUT2D eigenvalue weighted by Crippen LogP contribution is 2.29. The molecule has 4 rings (SSSR count). The number of pyridine rings is 1. The molecule has 0 spiro atoms. The summed E-state index contributed by atoms with van der Waals surface area (Å²) >= 11 is 0. The number of ether oxygens (including phenoxy) is 1. The monoisotopic (exact) mass is 475 g/mol. The second-order valence-electron chi connectivity index (χ2n) is 8.17. The van der Waals surface area contributed by atoms with E-state index in [2.05, 4.69) is 9.88 Å². The van der Waals surface area contributed by atoms with Crippen LogP contribution in [-0.4, -0.2) is 84.4 Å². The second-order valence-corrected chi connectivity index (χ2v) is 10.1. The molecule has 0 N–H and O–H groups in total. The molecule has 0 aromatic carbocycles. The van der Waals surface area contributed by atoms with Crippen molar-refractivity contribution in [1.29, 1.82) is 0 Å². The van der Waals surface area contributed by atoms with Crippen LogP contribution >= 0.6 is 0 Å². The van der Waals surface area contributed by atoms with Crippen LogP contribution in [0.25, 0.3) is 0 Å². The van der Waals surface area contributed by atoms with E-state index in [1.54, 1.807) is 25.1 Å². The van der Waals surface area contributed by atoms with Gasteiger partial charge in [-0.25, -0.2) is 18.2 Å². The number of piperazine rings is 1. The first kappa shape index (κ1) is 23.2. The molecule has 1 atom stereocenters. The fraction of sp³-hybridized carbons (Fsp3) is 0.500. The maximum Gasteiger partial charge on any atom is 0.354 e. The first-order valence-electron chi connectivity index (χ1n) is 11.1. The Labute approximate surface area is 193 Å². The number of anilines is 1. The third kappa shape index (κ3) is 4.60. The van der Waals surface area contributed by atoms with Gasteiger partial charge in [-0.2, -0.15) is 4.31 Å². The molecule has 2 aliphatic rings. The zero-order valence-corrected chi connectivity index (χ0v) is 19.7. The Hall–Kier alpha value is -2.92. The van der Waals surface area contributed by atoms with Gasteiger partial charge in [-0.3, -0.25) is 4.79 Å². The molecule has 11 heteroatoms. The van der Waals surface area contributed by atoms with Crippen LogP contribution in [0.4, 0.5) is 5.82 Å². The van der Waals surface area contributed by atoms with E-state index in [1.165, 1.54) is 21.1 Å². The van der Waals surface area contributed by atoms with E-state index in [0.717, 1.165) is 5.82 Å². The largest absolute Gasteiger partial charge is 0.461 e. The standard InChI is InChI=1S/C22H29N5O5S/c1-3-32-22(29)19-15-17(16-24(19)2)33(30,31)27-10-6-7-18(27)21(28)26-13-11-25(12-14-26)20-8-4-5-9-23-20/h4-5,8-9,15-16,18H,3,6-7,10-14H2,1-2H3/t18-/m1/s1. The summed E-state index contributed by atoms with van der Waals surface area (Å²) in [6.45, 7) is 4.47. The maximum atomic E-state index is 13.4. The van der Waals surface area contributed by atoms with Crippen molar-refractivity contribution in [3.8, 4) is 0 Å². The average Bonchev–Trinajstić information content (AvgIpc) is 3.47. The summed E-state index contributed by atoms with van der Waals surface area (Å²) in [4.78, 5) is 33.6. The van der Waals surface area contributed by atoms with Crippen LogP contribution in [-0.2, 0) is 26.6 Å². The van der Waals surface area contributed by atoms with Crippen LogP contribution in [0.5, 0.6) is 0 Å². The van der Waals surface area contributed by atoms with E-state index in [4.69, 9.17) is 4.74 Å². The molecule has 2 fully saturated rings. The number of amides is 1. The van der Waals surface area contributed by atoms with E-state index < -0.39 is 22.0 Å². The van der Waals surface area contributed by atoms with Gasteiger partial charge in [0.15, 0.2) is 0 Å². The fourth-order valence-corrected chi connectivity index (χ4v) is 6.12. The first-order chi connectivity index (χ1) is 15.8. The van der Waals surface area contributed by atoms with Gasteiger partial charge in [0.05, 0.1) is 6.61 Å². The van der Waals surface area contributed by atoms with Crippen molar-refractivity contribution in [3.05, 3.63) is 42.4 Å². The summed E-state index contributed by atoms with van der Waals surface area (Å²) in [7, 11) is -2.34. The summed E-state index contributed by atoms with van der Waals surface area (Å²) in [5.74, 6) is 0.121. The van der Waals surface area contributed by atoms with Crippen LogP contribution < -0.4 is 4.90 Å². The van der Waals surface area contributed by atoms with Gasteiger partial charge < -0.3 is 19.1 Å². The predicted octanol–water partition coefficient (Wildman–Crippen LogP) is 1.10. The highest BCUT2D eigenvalue weighted by atomic mass is 32.2. The zero-order valence-electron chi connectivity index (χ0n) is 18.9. The van der Waals surface area contributed by atoms with Crippen LogP contribution in [0.15, 0.2) is 41.6 Å². The quantitative estimate of drug-likeness (QED) is 0.576. The van der Waals surface area contributed by atoms with Crippen molar-refractivity contribution in [2.75, 3.05) is 44.2 Å². The molecule has 0 unspecified atom stereocenters. The second kappa shape index (κ2) is 9.52. The average molecular weight is 476 g/mol. The van der Waals surface area contributed by atoms with E-state index in [1.807, 2.05) is 18.2 Å². The number of carbonyl (C=O) groups excluding carboxylic acids is 2. The minimum absolute atomic E-state index is 0.00674. The van der Waals surface area contributed by atoms with Gasteiger partial charge in [0.1, 0.15) is 22.4 Å². The Balaban J connectivity index is 1.47. The number of aromatic nitrogens is 2. The third-order valence-electron chi connectivity index (χ3n) is 6.12. The van der Waals surface area contributed by atoms with Crippen LogP contribution in [0.2, 0.25) is 0 Å². The summed E-state index contributed by atoms with van der Waals surface area (Å²) in [5, 5.41) is 0. The Kier molecular flexibility index (Phi) is 6.71. The molecule has 2 aliphatic heterocycles. The molecule has 2 aromatic rings. The molecule has 178 valence electrons. The van der Waals surface area contributed by atoms with E-state index >= 15 is 0 Å². The first-order valence-corrected chi connectivity index (χ1v) is 12.6. The summed E-state index contributed by atoms with van der Waals surface area (Å²) < 4.78 is 34.5. The lowest BCUT2D eigenvalue weighted by atomic mass is 10.2. The predicted molar refractivity (Wildman–Crippen MR) is 121 cm³/mol. The van der Waals surface area contributed by atoms with Gasteiger partial charge in [-0.1, -0.05) is 6.07 Å². The van der Waals surface area contributed by atoms with Gasteiger partial charge >= 0.3 is 5.97 Å². The molecule has 2 saturated heterocycles. The minimum atomic E-state index is -3.94. The molecule has 10 nitrogen and oxygen atoms in total.